The molecule has 2 aromatic rings. The van der Waals surface area contributed by atoms with Crippen molar-refractivity contribution in [2.24, 2.45) is 0 Å². The van der Waals surface area contributed by atoms with Gasteiger partial charge in [0.15, 0.2) is 5.11 Å². The molecule has 2 heterocycles. The summed E-state index contributed by atoms with van der Waals surface area (Å²) in [5, 5.41) is 10.9. The molecular weight excluding hydrogens is 404 g/mol. The fourth-order valence-corrected chi connectivity index (χ4v) is 3.49. The van der Waals surface area contributed by atoms with E-state index in [1.165, 1.54) is 23.1 Å². The summed E-state index contributed by atoms with van der Waals surface area (Å²) < 4.78 is 1.71. The SMILES string of the molecule is CCN1C(=O)C(=Cc2cccn2-c2ccc([N+](=O)[O-])cc2)C(=O)N(CCl)C1=S. The zero-order valence-electron chi connectivity index (χ0n) is 14.7. The summed E-state index contributed by atoms with van der Waals surface area (Å²) in [6, 6.07) is 9.25. The van der Waals surface area contributed by atoms with Gasteiger partial charge in [-0.2, -0.15) is 0 Å². The number of halogens is 1. The van der Waals surface area contributed by atoms with Crippen molar-refractivity contribution >= 4 is 52.5 Å². The number of nitro groups is 1. The van der Waals surface area contributed by atoms with Gasteiger partial charge in [-0.25, -0.2) is 0 Å². The summed E-state index contributed by atoms with van der Waals surface area (Å²) in [6.07, 6.45) is 3.20. The number of carbonyl (C=O) groups is 2. The number of benzene rings is 1. The molecular formula is C18H15ClN4O4S. The summed E-state index contributed by atoms with van der Waals surface area (Å²) in [5.74, 6) is -1.05. The van der Waals surface area contributed by atoms with E-state index in [9.17, 15) is 19.7 Å². The molecule has 8 nitrogen and oxygen atoms in total. The van der Waals surface area contributed by atoms with Gasteiger partial charge in [-0.3, -0.25) is 29.5 Å². The van der Waals surface area contributed by atoms with Crippen molar-refractivity contribution in [3.8, 4) is 5.69 Å². The molecule has 1 aliphatic heterocycles. The number of nitro benzene ring substituents is 1. The first kappa shape index (κ1) is 19.7. The topological polar surface area (TPSA) is 88.7 Å². The first-order valence-corrected chi connectivity index (χ1v) is 9.20. The standard InChI is InChI=1S/C18H15ClN4O4S/c1-2-20-16(24)15(17(25)22(11-19)18(20)28)10-14-4-3-9-21(14)12-5-7-13(8-6-12)23(26)27/h3-10H,2,11H2,1H3. The van der Waals surface area contributed by atoms with Crippen LogP contribution in [0.4, 0.5) is 5.69 Å². The second-order valence-corrected chi connectivity index (χ2v) is 6.42. The highest BCUT2D eigenvalue weighted by Gasteiger charge is 2.38. The molecule has 3 rings (SSSR count). The first-order valence-electron chi connectivity index (χ1n) is 8.26. The van der Waals surface area contributed by atoms with Crippen molar-refractivity contribution in [3.05, 3.63) is 64.0 Å². The number of likely N-dealkylation sites (N-methyl/N-ethyl adjacent to an activating group) is 1. The minimum absolute atomic E-state index is 0.0294. The van der Waals surface area contributed by atoms with E-state index in [0.29, 0.717) is 17.9 Å². The number of rotatable bonds is 5. The van der Waals surface area contributed by atoms with Crippen molar-refractivity contribution in [2.75, 3.05) is 12.5 Å². The van der Waals surface area contributed by atoms with E-state index in [-0.39, 0.29) is 22.4 Å². The molecule has 1 saturated heterocycles. The molecule has 0 unspecified atom stereocenters. The number of non-ortho nitro benzene ring substituents is 1. The number of amides is 2. The van der Waals surface area contributed by atoms with Crippen LogP contribution < -0.4 is 0 Å². The van der Waals surface area contributed by atoms with Gasteiger partial charge in [0.05, 0.1) is 4.92 Å². The molecule has 0 atom stereocenters. The fourth-order valence-electron chi connectivity index (χ4n) is 2.84. The molecule has 0 N–H and O–H groups in total. The second-order valence-electron chi connectivity index (χ2n) is 5.82. The van der Waals surface area contributed by atoms with Crippen LogP contribution in [0.5, 0.6) is 0 Å². The van der Waals surface area contributed by atoms with E-state index in [4.69, 9.17) is 23.8 Å². The Hall–Kier alpha value is -3.04. The number of carbonyl (C=O) groups excluding carboxylic acids is 2. The van der Waals surface area contributed by atoms with Crippen molar-refractivity contribution in [2.45, 2.75) is 6.92 Å². The minimum atomic E-state index is -0.564. The Morgan fingerprint density at radius 3 is 2.36 bits per heavy atom. The maximum atomic E-state index is 12.7. The lowest BCUT2D eigenvalue weighted by atomic mass is 10.1. The van der Waals surface area contributed by atoms with Crippen LogP contribution in [0, 0.1) is 10.1 Å². The van der Waals surface area contributed by atoms with Crippen LogP contribution in [-0.2, 0) is 9.59 Å². The summed E-state index contributed by atoms with van der Waals surface area (Å²) in [4.78, 5) is 38.2. The van der Waals surface area contributed by atoms with Crippen LogP contribution in [0.25, 0.3) is 11.8 Å². The van der Waals surface area contributed by atoms with Crippen LogP contribution >= 0.6 is 23.8 Å². The fraction of sp³-hybridized carbons (Fsp3) is 0.167. The highest BCUT2D eigenvalue weighted by atomic mass is 35.5. The van der Waals surface area contributed by atoms with Crippen LogP contribution in [-0.4, -0.2) is 48.8 Å². The first-order chi connectivity index (χ1) is 13.4. The van der Waals surface area contributed by atoms with Crippen molar-refractivity contribution < 1.29 is 14.5 Å². The molecule has 0 aliphatic carbocycles. The van der Waals surface area contributed by atoms with E-state index in [2.05, 4.69) is 0 Å². The smallest absolute Gasteiger partial charge is 0.269 e. The Balaban J connectivity index is 2.03. The summed E-state index contributed by atoms with van der Waals surface area (Å²) in [5.41, 5.74) is 1.12. The molecule has 1 aromatic heterocycles. The van der Waals surface area contributed by atoms with Gasteiger partial charge in [0.25, 0.3) is 17.5 Å². The monoisotopic (exact) mass is 418 g/mol. The van der Waals surface area contributed by atoms with Gasteiger partial charge in [0.1, 0.15) is 11.6 Å². The molecule has 0 radical (unpaired) electrons. The van der Waals surface area contributed by atoms with Crippen molar-refractivity contribution in [1.29, 1.82) is 0 Å². The highest BCUT2D eigenvalue weighted by Crippen LogP contribution is 2.23. The van der Waals surface area contributed by atoms with Crippen molar-refractivity contribution in [1.82, 2.24) is 14.4 Å². The van der Waals surface area contributed by atoms with Gasteiger partial charge >= 0.3 is 0 Å². The maximum absolute atomic E-state index is 12.7. The van der Waals surface area contributed by atoms with Crippen LogP contribution in [0.15, 0.2) is 48.2 Å². The second kappa shape index (κ2) is 7.91. The Labute approximate surface area is 170 Å². The molecule has 2 amide bonds. The molecule has 0 saturated carbocycles. The van der Waals surface area contributed by atoms with Crippen LogP contribution in [0.3, 0.4) is 0 Å². The van der Waals surface area contributed by atoms with E-state index >= 15 is 0 Å². The number of nitrogens with zero attached hydrogens (tertiary/aromatic N) is 4. The third-order valence-corrected chi connectivity index (χ3v) is 4.94. The van der Waals surface area contributed by atoms with E-state index in [1.807, 2.05) is 0 Å². The molecule has 144 valence electrons. The predicted octanol–water partition coefficient (Wildman–Crippen LogP) is 2.94. The third kappa shape index (κ3) is 3.41. The molecule has 0 spiro atoms. The average Bonchev–Trinajstić information content (AvgIpc) is 3.14. The zero-order chi connectivity index (χ0) is 20.4. The van der Waals surface area contributed by atoms with Gasteiger partial charge in [0, 0.05) is 36.3 Å². The lowest BCUT2D eigenvalue weighted by Gasteiger charge is -2.34. The third-order valence-electron chi connectivity index (χ3n) is 4.26. The van der Waals surface area contributed by atoms with Crippen molar-refractivity contribution in [3.63, 3.8) is 0 Å². The van der Waals surface area contributed by atoms with Gasteiger partial charge in [-0.05, 0) is 49.5 Å². The molecule has 10 heteroatoms. The van der Waals surface area contributed by atoms with Gasteiger partial charge in [-0.1, -0.05) is 0 Å². The Bertz CT molecular complexity index is 971. The molecule has 1 fully saturated rings. The predicted molar refractivity (Wildman–Crippen MR) is 108 cm³/mol. The number of aromatic nitrogens is 1. The largest absolute Gasteiger partial charge is 0.317 e. The van der Waals surface area contributed by atoms with Gasteiger partial charge in [-0.15, -0.1) is 11.6 Å². The quantitative estimate of drug-likeness (QED) is 0.142. The number of thiocarbonyl (C=S) groups is 1. The average molecular weight is 419 g/mol. The summed E-state index contributed by atoms with van der Waals surface area (Å²) >= 11 is 11.0. The number of hydrogen-bond donors (Lipinski definition) is 0. The Morgan fingerprint density at radius 2 is 1.79 bits per heavy atom. The maximum Gasteiger partial charge on any atom is 0.269 e. The van der Waals surface area contributed by atoms with Crippen LogP contribution in [0.1, 0.15) is 12.6 Å². The van der Waals surface area contributed by atoms with E-state index in [0.717, 1.165) is 4.90 Å². The summed E-state index contributed by atoms with van der Waals surface area (Å²) in [6.45, 7) is 2.06. The summed E-state index contributed by atoms with van der Waals surface area (Å²) in [7, 11) is 0. The highest BCUT2D eigenvalue weighted by molar-refractivity contribution is 7.80. The lowest BCUT2D eigenvalue weighted by Crippen LogP contribution is -2.55. The number of hydrogen-bond acceptors (Lipinski definition) is 5. The zero-order valence-corrected chi connectivity index (χ0v) is 16.3. The number of alkyl halides is 1. The molecule has 28 heavy (non-hydrogen) atoms. The minimum Gasteiger partial charge on any atom is -0.317 e. The normalized spacial score (nSPS) is 16.2. The molecule has 1 aliphatic rings. The molecule has 1 aromatic carbocycles. The van der Waals surface area contributed by atoms with Crippen LogP contribution in [0.2, 0.25) is 0 Å². The van der Waals surface area contributed by atoms with Gasteiger partial charge < -0.3 is 4.57 Å². The van der Waals surface area contributed by atoms with E-state index in [1.54, 1.807) is 42.0 Å². The molecule has 0 bridgehead atoms. The Morgan fingerprint density at radius 1 is 1.14 bits per heavy atom. The Kier molecular flexibility index (Phi) is 5.57. The van der Waals surface area contributed by atoms with E-state index < -0.39 is 16.7 Å². The van der Waals surface area contributed by atoms with Gasteiger partial charge in [0.2, 0.25) is 0 Å². The lowest BCUT2D eigenvalue weighted by molar-refractivity contribution is -0.384.